The van der Waals surface area contributed by atoms with Crippen LogP contribution in [0.1, 0.15) is 13.8 Å². The zero-order valence-electron chi connectivity index (χ0n) is 9.16. The minimum Gasteiger partial charge on any atom is -0.316 e. The van der Waals surface area contributed by atoms with Crippen LogP contribution < -0.4 is 5.32 Å². The minimum atomic E-state index is -2.77. The van der Waals surface area contributed by atoms with Crippen LogP contribution in [0.15, 0.2) is 0 Å². The third-order valence-electron chi connectivity index (χ3n) is 2.81. The number of nitrogens with zero attached hydrogens (tertiary/aromatic N) is 1. The third kappa shape index (κ3) is 3.22. The van der Waals surface area contributed by atoms with E-state index in [1.54, 1.807) is 0 Å². The zero-order chi connectivity index (χ0) is 10.8. The largest absolute Gasteiger partial charge is 0.316 e. The SMILES string of the molecule is CNC(C)CN1CCS(=O)(=O)CC1C. The molecule has 0 aromatic carbocycles. The zero-order valence-corrected chi connectivity index (χ0v) is 9.97. The van der Waals surface area contributed by atoms with Gasteiger partial charge in [0.15, 0.2) is 9.84 Å². The van der Waals surface area contributed by atoms with Crippen molar-refractivity contribution in [3.05, 3.63) is 0 Å². The summed E-state index contributed by atoms with van der Waals surface area (Å²) in [5.74, 6) is 0.622. The Bertz CT molecular complexity index is 277. The summed E-state index contributed by atoms with van der Waals surface area (Å²) in [6.07, 6.45) is 0. The highest BCUT2D eigenvalue weighted by atomic mass is 32.2. The summed E-state index contributed by atoms with van der Waals surface area (Å²) >= 11 is 0. The van der Waals surface area contributed by atoms with E-state index >= 15 is 0 Å². The molecular weight excluding hydrogens is 200 g/mol. The van der Waals surface area contributed by atoms with Crippen LogP contribution in [0, 0.1) is 0 Å². The second-order valence-corrected chi connectivity index (χ2v) is 6.38. The van der Waals surface area contributed by atoms with E-state index in [4.69, 9.17) is 0 Å². The van der Waals surface area contributed by atoms with Crippen molar-refractivity contribution in [3.63, 3.8) is 0 Å². The van der Waals surface area contributed by atoms with Crippen LogP contribution in [-0.2, 0) is 9.84 Å². The van der Waals surface area contributed by atoms with Crippen LogP contribution in [-0.4, -0.2) is 57.0 Å². The average molecular weight is 220 g/mol. The van der Waals surface area contributed by atoms with Crippen LogP contribution in [0.2, 0.25) is 0 Å². The normalized spacial score (nSPS) is 30.1. The van der Waals surface area contributed by atoms with Crippen LogP contribution in [0.4, 0.5) is 0 Å². The predicted molar refractivity (Wildman–Crippen MR) is 58.2 cm³/mol. The number of nitrogens with one attached hydrogen (secondary N) is 1. The van der Waals surface area contributed by atoms with Gasteiger partial charge in [0.1, 0.15) is 0 Å². The molecule has 2 atom stereocenters. The van der Waals surface area contributed by atoms with Crippen molar-refractivity contribution in [2.75, 3.05) is 31.6 Å². The van der Waals surface area contributed by atoms with Crippen LogP contribution >= 0.6 is 0 Å². The maximum Gasteiger partial charge on any atom is 0.153 e. The van der Waals surface area contributed by atoms with E-state index in [9.17, 15) is 8.42 Å². The Kier molecular flexibility index (Phi) is 3.92. The Morgan fingerprint density at radius 1 is 1.57 bits per heavy atom. The van der Waals surface area contributed by atoms with Gasteiger partial charge in [0, 0.05) is 25.2 Å². The minimum absolute atomic E-state index is 0.157. The van der Waals surface area contributed by atoms with Crippen molar-refractivity contribution < 1.29 is 8.42 Å². The van der Waals surface area contributed by atoms with E-state index in [1.165, 1.54) is 0 Å². The van der Waals surface area contributed by atoms with E-state index in [0.29, 0.717) is 24.1 Å². The predicted octanol–water partition coefficient (Wildman–Crippen LogP) is -0.287. The molecule has 1 rings (SSSR count). The van der Waals surface area contributed by atoms with Gasteiger partial charge in [0.2, 0.25) is 0 Å². The Balaban J connectivity index is 2.50. The van der Waals surface area contributed by atoms with Gasteiger partial charge in [0.05, 0.1) is 11.5 Å². The summed E-state index contributed by atoms with van der Waals surface area (Å²) in [5.41, 5.74) is 0. The molecule has 1 aliphatic rings. The second-order valence-electron chi connectivity index (χ2n) is 4.15. The van der Waals surface area contributed by atoms with E-state index in [-0.39, 0.29) is 6.04 Å². The first kappa shape index (κ1) is 11.9. The van der Waals surface area contributed by atoms with Gasteiger partial charge < -0.3 is 5.32 Å². The number of hydrogen-bond acceptors (Lipinski definition) is 4. The summed E-state index contributed by atoms with van der Waals surface area (Å²) < 4.78 is 22.6. The topological polar surface area (TPSA) is 49.4 Å². The van der Waals surface area contributed by atoms with Gasteiger partial charge in [-0.15, -0.1) is 0 Å². The van der Waals surface area contributed by atoms with Crippen molar-refractivity contribution in [1.82, 2.24) is 10.2 Å². The molecule has 14 heavy (non-hydrogen) atoms. The molecule has 1 heterocycles. The Hall–Kier alpha value is -0.130. The second kappa shape index (κ2) is 4.59. The van der Waals surface area contributed by atoms with Gasteiger partial charge in [-0.25, -0.2) is 8.42 Å². The standard InChI is InChI=1S/C9H20N2O2S/c1-8(10-3)6-11-4-5-14(12,13)7-9(11)2/h8-10H,4-7H2,1-3H3. The summed E-state index contributed by atoms with van der Waals surface area (Å²) in [5, 5.41) is 3.16. The Morgan fingerprint density at radius 2 is 2.21 bits per heavy atom. The Morgan fingerprint density at radius 3 is 2.71 bits per heavy atom. The van der Waals surface area contributed by atoms with E-state index in [0.717, 1.165) is 6.54 Å². The number of rotatable bonds is 3. The fourth-order valence-electron chi connectivity index (χ4n) is 1.75. The summed E-state index contributed by atoms with van der Waals surface area (Å²) in [6, 6.07) is 0.572. The lowest BCUT2D eigenvalue weighted by molar-refractivity contribution is 0.209. The van der Waals surface area contributed by atoms with Crippen molar-refractivity contribution in [2.24, 2.45) is 0 Å². The molecule has 0 aliphatic carbocycles. The molecule has 2 unspecified atom stereocenters. The van der Waals surface area contributed by atoms with Gasteiger partial charge in [-0.2, -0.15) is 0 Å². The average Bonchev–Trinajstić information content (AvgIpc) is 2.09. The van der Waals surface area contributed by atoms with Crippen LogP contribution in [0.5, 0.6) is 0 Å². The van der Waals surface area contributed by atoms with Gasteiger partial charge >= 0.3 is 0 Å². The first-order valence-corrected chi connectivity index (χ1v) is 6.88. The van der Waals surface area contributed by atoms with E-state index in [1.807, 2.05) is 14.0 Å². The maximum absolute atomic E-state index is 11.3. The highest BCUT2D eigenvalue weighted by Gasteiger charge is 2.28. The molecule has 0 aromatic rings. The highest BCUT2D eigenvalue weighted by molar-refractivity contribution is 7.91. The van der Waals surface area contributed by atoms with Crippen molar-refractivity contribution in [3.8, 4) is 0 Å². The van der Waals surface area contributed by atoms with Crippen LogP contribution in [0.3, 0.4) is 0 Å². The molecule has 1 aliphatic heterocycles. The summed E-state index contributed by atoms with van der Waals surface area (Å²) in [4.78, 5) is 2.24. The van der Waals surface area contributed by atoms with E-state index < -0.39 is 9.84 Å². The molecule has 0 bridgehead atoms. The fourth-order valence-corrected chi connectivity index (χ4v) is 3.37. The molecule has 0 radical (unpaired) electrons. The van der Waals surface area contributed by atoms with Gasteiger partial charge in [-0.05, 0) is 20.9 Å². The lowest BCUT2D eigenvalue weighted by Gasteiger charge is -2.34. The molecular formula is C9H20N2O2S. The molecule has 1 fully saturated rings. The molecule has 0 saturated carbocycles. The lowest BCUT2D eigenvalue weighted by atomic mass is 10.2. The number of sulfone groups is 1. The smallest absolute Gasteiger partial charge is 0.153 e. The molecule has 0 amide bonds. The Labute approximate surface area is 86.6 Å². The number of hydrogen-bond donors (Lipinski definition) is 1. The van der Waals surface area contributed by atoms with Crippen molar-refractivity contribution in [1.29, 1.82) is 0 Å². The molecule has 84 valence electrons. The van der Waals surface area contributed by atoms with Gasteiger partial charge in [-0.1, -0.05) is 0 Å². The quantitative estimate of drug-likeness (QED) is 0.710. The fraction of sp³-hybridized carbons (Fsp3) is 1.00. The van der Waals surface area contributed by atoms with Gasteiger partial charge in [-0.3, -0.25) is 4.90 Å². The highest BCUT2D eigenvalue weighted by Crippen LogP contribution is 2.11. The number of likely N-dealkylation sites (N-methyl/N-ethyl adjacent to an activating group) is 1. The van der Waals surface area contributed by atoms with Crippen LogP contribution in [0.25, 0.3) is 0 Å². The molecule has 4 nitrogen and oxygen atoms in total. The van der Waals surface area contributed by atoms with Crippen molar-refractivity contribution in [2.45, 2.75) is 25.9 Å². The monoisotopic (exact) mass is 220 g/mol. The summed E-state index contributed by atoms with van der Waals surface area (Å²) in [7, 11) is -0.843. The van der Waals surface area contributed by atoms with Gasteiger partial charge in [0.25, 0.3) is 0 Å². The lowest BCUT2D eigenvalue weighted by Crippen LogP contribution is -2.50. The molecule has 1 saturated heterocycles. The molecule has 1 N–H and O–H groups in total. The van der Waals surface area contributed by atoms with E-state index in [2.05, 4.69) is 17.1 Å². The first-order valence-electron chi connectivity index (χ1n) is 5.06. The summed E-state index contributed by atoms with van der Waals surface area (Å²) in [6.45, 7) is 5.69. The third-order valence-corrected chi connectivity index (χ3v) is 4.60. The molecule has 0 spiro atoms. The molecule has 0 aromatic heterocycles. The maximum atomic E-state index is 11.3. The first-order chi connectivity index (χ1) is 6.44. The van der Waals surface area contributed by atoms with Crippen molar-refractivity contribution >= 4 is 9.84 Å². The molecule has 5 heteroatoms.